The second-order valence-corrected chi connectivity index (χ2v) is 4.52. The molecule has 1 aromatic carbocycles. The van der Waals surface area contributed by atoms with Crippen molar-refractivity contribution in [2.24, 2.45) is 4.99 Å². The van der Waals surface area contributed by atoms with E-state index in [9.17, 15) is 4.79 Å². The highest BCUT2D eigenvalue weighted by atomic mass is 32.1. The van der Waals surface area contributed by atoms with Gasteiger partial charge in [-0.25, -0.2) is 0 Å². The normalized spacial score (nSPS) is 10.8. The van der Waals surface area contributed by atoms with Gasteiger partial charge < -0.3 is 0 Å². The summed E-state index contributed by atoms with van der Waals surface area (Å²) in [7, 11) is 0. The van der Waals surface area contributed by atoms with E-state index in [0.717, 1.165) is 4.90 Å². The standard InChI is InChI=1S/C12H9NOS2/c14-10(12-6-3-7-16-12)8-13-9-4-1-2-5-11(9)15/h1-8,15H. The van der Waals surface area contributed by atoms with Crippen LogP contribution in [0.25, 0.3) is 0 Å². The SMILES string of the molecule is O=C(C=Nc1ccccc1S)c1cccs1. The average molecular weight is 247 g/mol. The fourth-order valence-corrected chi connectivity index (χ4v) is 2.03. The summed E-state index contributed by atoms with van der Waals surface area (Å²) in [6, 6.07) is 11.0. The first kappa shape index (κ1) is 11.1. The number of thiophene rings is 1. The quantitative estimate of drug-likeness (QED) is 0.501. The first-order valence-corrected chi connectivity index (χ1v) is 6.00. The van der Waals surface area contributed by atoms with Crippen molar-refractivity contribution >= 4 is 41.7 Å². The van der Waals surface area contributed by atoms with Crippen LogP contribution in [0.5, 0.6) is 0 Å². The highest BCUT2D eigenvalue weighted by Gasteiger charge is 2.02. The van der Waals surface area contributed by atoms with Crippen LogP contribution in [0.4, 0.5) is 5.69 Å². The molecule has 0 atom stereocenters. The Hall–Kier alpha value is -1.39. The van der Waals surface area contributed by atoms with Gasteiger partial charge in [0.25, 0.3) is 0 Å². The van der Waals surface area contributed by atoms with Gasteiger partial charge in [-0.3, -0.25) is 9.79 Å². The average Bonchev–Trinajstić information content (AvgIpc) is 2.81. The van der Waals surface area contributed by atoms with Crippen LogP contribution < -0.4 is 0 Å². The Labute approximate surface area is 103 Å². The van der Waals surface area contributed by atoms with Crippen LogP contribution in [-0.2, 0) is 0 Å². The van der Waals surface area contributed by atoms with Crippen molar-refractivity contribution in [3.63, 3.8) is 0 Å². The summed E-state index contributed by atoms with van der Waals surface area (Å²) in [4.78, 5) is 17.2. The third-order valence-corrected chi connectivity index (χ3v) is 3.23. The van der Waals surface area contributed by atoms with Gasteiger partial charge in [-0.05, 0) is 23.6 Å². The number of carbonyl (C=O) groups excluding carboxylic acids is 1. The summed E-state index contributed by atoms with van der Waals surface area (Å²) < 4.78 is 0. The summed E-state index contributed by atoms with van der Waals surface area (Å²) in [6.45, 7) is 0. The minimum absolute atomic E-state index is 0.0772. The highest BCUT2D eigenvalue weighted by Crippen LogP contribution is 2.21. The summed E-state index contributed by atoms with van der Waals surface area (Å²) in [6.07, 6.45) is 1.33. The molecule has 16 heavy (non-hydrogen) atoms. The Morgan fingerprint density at radius 1 is 1.25 bits per heavy atom. The first-order valence-electron chi connectivity index (χ1n) is 4.67. The second-order valence-electron chi connectivity index (χ2n) is 3.09. The number of hydrogen-bond donors (Lipinski definition) is 1. The number of Topliss-reactive ketones (excluding diaryl/α,β-unsaturated/α-hetero) is 1. The largest absolute Gasteiger partial charge is 0.287 e. The monoisotopic (exact) mass is 247 g/mol. The molecule has 0 amide bonds. The van der Waals surface area contributed by atoms with E-state index >= 15 is 0 Å². The maximum atomic E-state index is 11.6. The number of rotatable bonds is 3. The first-order chi connectivity index (χ1) is 7.77. The van der Waals surface area contributed by atoms with E-state index in [0.29, 0.717) is 10.6 Å². The minimum Gasteiger partial charge on any atom is -0.287 e. The summed E-state index contributed by atoms with van der Waals surface area (Å²) in [5, 5.41) is 1.87. The lowest BCUT2D eigenvalue weighted by Crippen LogP contribution is -1.95. The predicted molar refractivity (Wildman–Crippen MR) is 70.5 cm³/mol. The lowest BCUT2D eigenvalue weighted by molar-refractivity contribution is 0.107. The molecule has 80 valence electrons. The van der Waals surface area contributed by atoms with E-state index in [1.807, 2.05) is 35.7 Å². The fourth-order valence-electron chi connectivity index (χ4n) is 1.18. The van der Waals surface area contributed by atoms with E-state index in [1.165, 1.54) is 17.6 Å². The second kappa shape index (κ2) is 5.09. The van der Waals surface area contributed by atoms with Gasteiger partial charge in [-0.1, -0.05) is 18.2 Å². The molecule has 0 N–H and O–H groups in total. The molecule has 0 saturated heterocycles. The topological polar surface area (TPSA) is 29.4 Å². The van der Waals surface area contributed by atoms with Gasteiger partial charge in [0.2, 0.25) is 5.78 Å². The molecule has 0 radical (unpaired) electrons. The predicted octanol–water partition coefficient (Wildman–Crippen LogP) is 3.62. The number of hydrogen-bond acceptors (Lipinski definition) is 4. The molecule has 0 spiro atoms. The third-order valence-electron chi connectivity index (χ3n) is 1.97. The number of nitrogens with zero attached hydrogens (tertiary/aromatic N) is 1. The molecule has 0 unspecified atom stereocenters. The Bertz CT molecular complexity index is 518. The van der Waals surface area contributed by atoms with E-state index < -0.39 is 0 Å². The molecule has 0 bridgehead atoms. The van der Waals surface area contributed by atoms with Crippen molar-refractivity contribution in [2.75, 3.05) is 0 Å². The van der Waals surface area contributed by atoms with Crippen molar-refractivity contribution in [2.45, 2.75) is 4.90 Å². The van der Waals surface area contributed by atoms with Crippen LogP contribution in [0.1, 0.15) is 9.67 Å². The van der Waals surface area contributed by atoms with E-state index in [2.05, 4.69) is 17.6 Å². The summed E-state index contributed by atoms with van der Waals surface area (Å²) >= 11 is 5.66. The molecule has 0 aliphatic carbocycles. The molecule has 1 heterocycles. The van der Waals surface area contributed by atoms with Crippen LogP contribution >= 0.6 is 24.0 Å². The number of benzene rings is 1. The van der Waals surface area contributed by atoms with Crippen LogP contribution in [-0.4, -0.2) is 12.0 Å². The molecule has 4 heteroatoms. The Morgan fingerprint density at radius 3 is 2.75 bits per heavy atom. The van der Waals surface area contributed by atoms with Gasteiger partial charge in [-0.2, -0.15) is 0 Å². The Morgan fingerprint density at radius 2 is 2.06 bits per heavy atom. The zero-order valence-corrected chi connectivity index (χ0v) is 10.0. The molecule has 0 aliphatic rings. The lowest BCUT2D eigenvalue weighted by Gasteiger charge is -1.96. The zero-order valence-electron chi connectivity index (χ0n) is 8.33. The summed E-state index contributed by atoms with van der Waals surface area (Å²) in [5.74, 6) is -0.0772. The van der Waals surface area contributed by atoms with Gasteiger partial charge >= 0.3 is 0 Å². The molecular formula is C12H9NOS2. The number of ketones is 1. The number of thiol groups is 1. The Kier molecular flexibility index (Phi) is 3.54. The van der Waals surface area contributed by atoms with Gasteiger partial charge in [0.05, 0.1) is 16.8 Å². The highest BCUT2D eigenvalue weighted by molar-refractivity contribution is 7.80. The van der Waals surface area contributed by atoms with Crippen LogP contribution in [0.2, 0.25) is 0 Å². The van der Waals surface area contributed by atoms with E-state index in [4.69, 9.17) is 0 Å². The summed E-state index contributed by atoms with van der Waals surface area (Å²) in [5.41, 5.74) is 0.704. The van der Waals surface area contributed by atoms with Gasteiger partial charge in [0.1, 0.15) is 0 Å². The van der Waals surface area contributed by atoms with Gasteiger partial charge in [0, 0.05) is 4.90 Å². The van der Waals surface area contributed by atoms with Crippen LogP contribution in [0.15, 0.2) is 51.7 Å². The minimum atomic E-state index is -0.0772. The lowest BCUT2D eigenvalue weighted by atomic mass is 10.3. The van der Waals surface area contributed by atoms with Crippen molar-refractivity contribution < 1.29 is 4.79 Å². The molecular weight excluding hydrogens is 238 g/mol. The van der Waals surface area contributed by atoms with Crippen molar-refractivity contribution in [3.05, 3.63) is 46.7 Å². The fraction of sp³-hybridized carbons (Fsp3) is 0. The van der Waals surface area contributed by atoms with Crippen LogP contribution in [0, 0.1) is 0 Å². The van der Waals surface area contributed by atoms with Gasteiger partial charge in [0.15, 0.2) is 0 Å². The maximum Gasteiger partial charge on any atom is 0.213 e. The Balaban J connectivity index is 2.16. The molecule has 2 nitrogen and oxygen atoms in total. The molecule has 2 aromatic rings. The van der Waals surface area contributed by atoms with Crippen LogP contribution in [0.3, 0.4) is 0 Å². The number of aliphatic imine (C=N–C) groups is 1. The van der Waals surface area contributed by atoms with Gasteiger partial charge in [-0.15, -0.1) is 24.0 Å². The maximum absolute atomic E-state index is 11.6. The molecule has 1 aromatic heterocycles. The number of para-hydroxylation sites is 1. The third kappa shape index (κ3) is 2.59. The van der Waals surface area contributed by atoms with Crippen molar-refractivity contribution in [1.29, 1.82) is 0 Å². The molecule has 0 saturated carbocycles. The molecule has 0 fully saturated rings. The van der Waals surface area contributed by atoms with Crippen molar-refractivity contribution in [1.82, 2.24) is 0 Å². The molecule has 0 aliphatic heterocycles. The van der Waals surface area contributed by atoms with E-state index in [-0.39, 0.29) is 5.78 Å². The smallest absolute Gasteiger partial charge is 0.213 e. The molecule has 2 rings (SSSR count). The number of carbonyl (C=O) groups is 1. The van der Waals surface area contributed by atoms with E-state index in [1.54, 1.807) is 6.07 Å². The zero-order chi connectivity index (χ0) is 11.4. The van der Waals surface area contributed by atoms with Crippen molar-refractivity contribution in [3.8, 4) is 0 Å².